The molecule has 0 aliphatic carbocycles. The molecule has 4 aromatic rings. The van der Waals surface area contributed by atoms with Crippen LogP contribution in [-0.2, 0) is 6.54 Å². The van der Waals surface area contributed by atoms with Gasteiger partial charge in [0.15, 0.2) is 16.9 Å². The Morgan fingerprint density at radius 2 is 1.81 bits per heavy atom. The van der Waals surface area contributed by atoms with Gasteiger partial charge in [-0.1, -0.05) is 53.2 Å². The molecule has 0 saturated heterocycles. The Morgan fingerprint density at radius 3 is 2.58 bits per heavy atom. The Labute approximate surface area is 148 Å². The van der Waals surface area contributed by atoms with E-state index in [1.165, 1.54) is 5.56 Å². The van der Waals surface area contributed by atoms with Gasteiger partial charge in [0.2, 0.25) is 0 Å². The zero-order valence-corrected chi connectivity index (χ0v) is 14.1. The molecule has 4 rings (SSSR count). The van der Waals surface area contributed by atoms with Crippen molar-refractivity contribution in [2.75, 3.05) is 10.9 Å². The smallest absolute Gasteiger partial charge is 0.292 e. The van der Waals surface area contributed by atoms with Gasteiger partial charge in [0.25, 0.3) is 5.56 Å². The van der Waals surface area contributed by atoms with E-state index in [0.29, 0.717) is 23.4 Å². The lowest BCUT2D eigenvalue weighted by atomic mass is 10.1. The highest BCUT2D eigenvalue weighted by molar-refractivity contribution is 5.84. The number of benzene rings is 2. The quantitative estimate of drug-likeness (QED) is 0.479. The SMILES string of the molecule is Cc1ccc(Cn2nnc3c(NNc4ccccc4)n[nH]c(=O)c32)cc1. The summed E-state index contributed by atoms with van der Waals surface area (Å²) in [6.07, 6.45) is 0. The molecule has 8 heteroatoms. The summed E-state index contributed by atoms with van der Waals surface area (Å²) < 4.78 is 1.58. The summed E-state index contributed by atoms with van der Waals surface area (Å²) in [5, 5.41) is 14.8. The molecule has 26 heavy (non-hydrogen) atoms. The molecule has 3 N–H and O–H groups in total. The Hall–Kier alpha value is -3.68. The average molecular weight is 347 g/mol. The maximum atomic E-state index is 12.3. The van der Waals surface area contributed by atoms with Crippen molar-refractivity contribution >= 4 is 22.5 Å². The second-order valence-corrected chi connectivity index (χ2v) is 5.95. The van der Waals surface area contributed by atoms with E-state index in [1.807, 2.05) is 61.5 Å². The third-order valence-electron chi connectivity index (χ3n) is 4.00. The molecule has 0 saturated carbocycles. The number of nitrogens with one attached hydrogen (secondary N) is 3. The molecule has 8 nitrogen and oxygen atoms in total. The lowest BCUT2D eigenvalue weighted by Gasteiger charge is -2.08. The largest absolute Gasteiger partial charge is 0.300 e. The van der Waals surface area contributed by atoms with Crippen LogP contribution in [0.15, 0.2) is 59.4 Å². The van der Waals surface area contributed by atoms with Crippen molar-refractivity contribution in [2.24, 2.45) is 0 Å². The van der Waals surface area contributed by atoms with E-state index in [1.54, 1.807) is 4.68 Å². The van der Waals surface area contributed by atoms with Crippen LogP contribution >= 0.6 is 0 Å². The van der Waals surface area contributed by atoms with E-state index in [2.05, 4.69) is 31.4 Å². The summed E-state index contributed by atoms with van der Waals surface area (Å²) in [5.41, 5.74) is 9.52. The summed E-state index contributed by atoms with van der Waals surface area (Å²) in [7, 11) is 0. The van der Waals surface area contributed by atoms with Gasteiger partial charge in [0, 0.05) is 0 Å². The molecule has 0 spiro atoms. The predicted molar refractivity (Wildman–Crippen MR) is 99.9 cm³/mol. The minimum Gasteiger partial charge on any atom is -0.300 e. The van der Waals surface area contributed by atoms with Crippen molar-refractivity contribution in [3.8, 4) is 0 Å². The van der Waals surface area contributed by atoms with E-state index >= 15 is 0 Å². The lowest BCUT2D eigenvalue weighted by molar-refractivity contribution is 0.667. The predicted octanol–water partition coefficient (Wildman–Crippen LogP) is 2.31. The summed E-state index contributed by atoms with van der Waals surface area (Å²) in [6.45, 7) is 2.48. The number of hydrazine groups is 1. The molecule has 0 radical (unpaired) electrons. The van der Waals surface area contributed by atoms with Gasteiger partial charge in [-0.15, -0.1) is 5.10 Å². The van der Waals surface area contributed by atoms with Crippen LogP contribution in [0.3, 0.4) is 0 Å². The molecule has 0 aliphatic rings. The maximum absolute atomic E-state index is 12.3. The van der Waals surface area contributed by atoms with Crippen molar-refractivity contribution in [1.29, 1.82) is 0 Å². The topological polar surface area (TPSA) is 101 Å². The number of rotatable bonds is 5. The fourth-order valence-electron chi connectivity index (χ4n) is 2.63. The molecule has 0 aliphatic heterocycles. The summed E-state index contributed by atoms with van der Waals surface area (Å²) in [4.78, 5) is 12.3. The maximum Gasteiger partial charge on any atom is 0.292 e. The zero-order valence-electron chi connectivity index (χ0n) is 14.1. The Kier molecular flexibility index (Phi) is 4.06. The normalized spacial score (nSPS) is 10.8. The highest BCUT2D eigenvalue weighted by Gasteiger charge is 2.14. The zero-order chi connectivity index (χ0) is 17.9. The van der Waals surface area contributed by atoms with Crippen molar-refractivity contribution in [3.05, 3.63) is 76.1 Å². The van der Waals surface area contributed by atoms with Crippen LogP contribution in [0.4, 0.5) is 11.5 Å². The van der Waals surface area contributed by atoms with Crippen molar-refractivity contribution in [1.82, 2.24) is 25.2 Å². The van der Waals surface area contributed by atoms with E-state index in [-0.39, 0.29) is 5.56 Å². The first-order valence-corrected chi connectivity index (χ1v) is 8.15. The van der Waals surface area contributed by atoms with Crippen molar-refractivity contribution in [3.63, 3.8) is 0 Å². The third kappa shape index (κ3) is 3.12. The second kappa shape index (κ2) is 6.67. The van der Waals surface area contributed by atoms with Crippen LogP contribution in [-0.4, -0.2) is 25.2 Å². The molecule has 0 unspecified atom stereocenters. The fourth-order valence-corrected chi connectivity index (χ4v) is 2.63. The van der Waals surface area contributed by atoms with Gasteiger partial charge in [-0.25, -0.2) is 9.78 Å². The Morgan fingerprint density at radius 1 is 1.04 bits per heavy atom. The van der Waals surface area contributed by atoms with Gasteiger partial charge in [-0.05, 0) is 24.6 Å². The number of H-pyrrole nitrogens is 1. The molecule has 2 aromatic carbocycles. The van der Waals surface area contributed by atoms with Gasteiger partial charge in [0.1, 0.15) is 0 Å². The van der Waals surface area contributed by atoms with Gasteiger partial charge in [0.05, 0.1) is 12.2 Å². The van der Waals surface area contributed by atoms with E-state index < -0.39 is 0 Å². The first-order valence-electron chi connectivity index (χ1n) is 8.15. The number of hydrogen-bond donors (Lipinski definition) is 3. The van der Waals surface area contributed by atoms with Crippen LogP contribution in [0, 0.1) is 6.92 Å². The Bertz CT molecular complexity index is 1080. The third-order valence-corrected chi connectivity index (χ3v) is 4.00. The molecular formula is C18H17N7O. The number of para-hydroxylation sites is 1. The van der Waals surface area contributed by atoms with Crippen LogP contribution in [0.25, 0.3) is 11.0 Å². The molecule has 2 heterocycles. The number of aromatic nitrogens is 5. The second-order valence-electron chi connectivity index (χ2n) is 5.95. The summed E-state index contributed by atoms with van der Waals surface area (Å²) >= 11 is 0. The number of aryl methyl sites for hydroxylation is 1. The minimum absolute atomic E-state index is 0.331. The number of fused-ring (bicyclic) bond motifs is 1. The number of aromatic amines is 1. The van der Waals surface area contributed by atoms with Gasteiger partial charge in [-0.2, -0.15) is 5.10 Å². The van der Waals surface area contributed by atoms with E-state index in [4.69, 9.17) is 0 Å². The molecule has 0 fully saturated rings. The van der Waals surface area contributed by atoms with Crippen molar-refractivity contribution in [2.45, 2.75) is 13.5 Å². The standard InChI is InChI=1S/C18H17N7O/c1-12-7-9-13(10-8-12)11-25-16-15(20-24-25)17(22-23-18(16)26)21-19-14-5-3-2-4-6-14/h2-10,19H,11H2,1H3,(H,21,22)(H,23,26). The van der Waals surface area contributed by atoms with Gasteiger partial charge < -0.3 is 0 Å². The van der Waals surface area contributed by atoms with Crippen molar-refractivity contribution < 1.29 is 0 Å². The number of anilines is 2. The van der Waals surface area contributed by atoms with Gasteiger partial charge >= 0.3 is 0 Å². The molecule has 0 bridgehead atoms. The first-order chi connectivity index (χ1) is 12.7. The summed E-state index contributed by atoms with van der Waals surface area (Å²) in [5.74, 6) is 0.401. The van der Waals surface area contributed by atoms with Gasteiger partial charge in [-0.3, -0.25) is 15.6 Å². The fraction of sp³-hybridized carbons (Fsp3) is 0.111. The molecule has 0 amide bonds. The Balaban J connectivity index is 1.64. The van der Waals surface area contributed by atoms with Crippen LogP contribution in [0.5, 0.6) is 0 Å². The number of hydrogen-bond acceptors (Lipinski definition) is 6. The van der Waals surface area contributed by atoms with E-state index in [9.17, 15) is 4.79 Å². The van der Waals surface area contributed by atoms with E-state index in [0.717, 1.165) is 11.3 Å². The average Bonchev–Trinajstić information content (AvgIpc) is 3.09. The lowest BCUT2D eigenvalue weighted by Crippen LogP contribution is -2.18. The number of nitrogens with zero attached hydrogens (tertiary/aromatic N) is 4. The molecule has 130 valence electrons. The molecular weight excluding hydrogens is 330 g/mol. The molecule has 0 atom stereocenters. The highest BCUT2D eigenvalue weighted by atomic mass is 16.1. The highest BCUT2D eigenvalue weighted by Crippen LogP contribution is 2.16. The van der Waals surface area contributed by atoms with Crippen LogP contribution in [0.1, 0.15) is 11.1 Å². The van der Waals surface area contributed by atoms with Crippen LogP contribution in [0.2, 0.25) is 0 Å². The monoisotopic (exact) mass is 347 g/mol. The molecule has 2 aromatic heterocycles. The first kappa shape index (κ1) is 15.8. The summed E-state index contributed by atoms with van der Waals surface area (Å²) in [6, 6.07) is 17.6. The van der Waals surface area contributed by atoms with Crippen LogP contribution < -0.4 is 16.4 Å². The minimum atomic E-state index is -0.331.